The van der Waals surface area contributed by atoms with Crippen molar-refractivity contribution in [3.8, 4) is 17.2 Å². The van der Waals surface area contributed by atoms with Gasteiger partial charge in [-0.25, -0.2) is 0 Å². The highest BCUT2D eigenvalue weighted by Gasteiger charge is 2.10. The van der Waals surface area contributed by atoms with Gasteiger partial charge in [-0.05, 0) is 34.1 Å². The van der Waals surface area contributed by atoms with E-state index in [1.807, 2.05) is 0 Å². The molecule has 0 saturated carbocycles. The maximum Gasteiger partial charge on any atom is 0.258 e. The van der Waals surface area contributed by atoms with Crippen molar-refractivity contribution in [2.45, 2.75) is 6.42 Å². The Morgan fingerprint density at radius 2 is 2.19 bits per heavy atom. The van der Waals surface area contributed by atoms with Crippen LogP contribution < -0.4 is 0 Å². The minimum absolute atomic E-state index is 0.0233. The van der Waals surface area contributed by atoms with Gasteiger partial charge in [0.15, 0.2) is 5.82 Å². The monoisotopic (exact) mass is 284 g/mol. The number of benzene rings is 1. The van der Waals surface area contributed by atoms with E-state index >= 15 is 0 Å². The number of phenols is 1. The number of nitrogens with zero attached hydrogens (tertiary/aromatic N) is 2. The molecule has 0 unspecified atom stereocenters. The highest BCUT2D eigenvalue weighted by atomic mass is 79.9. The Morgan fingerprint density at radius 3 is 2.88 bits per heavy atom. The summed E-state index contributed by atoms with van der Waals surface area (Å²) in [6, 6.07) is 4.97. The van der Waals surface area contributed by atoms with Crippen LogP contribution in [0.3, 0.4) is 0 Å². The maximum atomic E-state index is 9.49. The third-order valence-corrected chi connectivity index (χ3v) is 2.67. The molecule has 2 rings (SSSR count). The Hall–Kier alpha value is -1.40. The summed E-state index contributed by atoms with van der Waals surface area (Å²) in [6.45, 7) is -0.0233. The van der Waals surface area contributed by atoms with Gasteiger partial charge in [0, 0.05) is 12.0 Å². The van der Waals surface area contributed by atoms with E-state index in [0.717, 1.165) is 0 Å². The molecule has 0 aliphatic rings. The SMILES string of the molecule is OCCc1noc(-c2ccc(Br)c(O)c2)n1. The molecule has 16 heavy (non-hydrogen) atoms. The van der Waals surface area contributed by atoms with Crippen LogP contribution in [-0.4, -0.2) is 27.0 Å². The Labute approximate surface area is 99.9 Å². The van der Waals surface area contributed by atoms with Crippen molar-refractivity contribution in [3.63, 3.8) is 0 Å². The molecule has 0 radical (unpaired) electrons. The molecule has 0 aliphatic heterocycles. The molecule has 2 aromatic rings. The van der Waals surface area contributed by atoms with Crippen LogP contribution in [0.5, 0.6) is 5.75 Å². The second kappa shape index (κ2) is 4.63. The van der Waals surface area contributed by atoms with Gasteiger partial charge < -0.3 is 14.7 Å². The van der Waals surface area contributed by atoms with E-state index in [-0.39, 0.29) is 12.4 Å². The zero-order valence-electron chi connectivity index (χ0n) is 8.22. The number of aliphatic hydroxyl groups is 1. The normalized spacial score (nSPS) is 10.6. The van der Waals surface area contributed by atoms with E-state index in [9.17, 15) is 5.11 Å². The van der Waals surface area contributed by atoms with Crippen LogP contribution >= 0.6 is 15.9 Å². The Bertz CT molecular complexity index is 499. The number of aromatic nitrogens is 2. The average molecular weight is 285 g/mol. The highest BCUT2D eigenvalue weighted by molar-refractivity contribution is 9.10. The molecule has 0 saturated heterocycles. The van der Waals surface area contributed by atoms with Crippen molar-refractivity contribution in [1.82, 2.24) is 10.1 Å². The van der Waals surface area contributed by atoms with Crippen LogP contribution in [0.25, 0.3) is 11.5 Å². The van der Waals surface area contributed by atoms with Crippen LogP contribution in [0.2, 0.25) is 0 Å². The number of aliphatic hydroxyl groups excluding tert-OH is 1. The number of hydrogen-bond acceptors (Lipinski definition) is 5. The topological polar surface area (TPSA) is 79.4 Å². The molecule has 6 heteroatoms. The van der Waals surface area contributed by atoms with E-state index < -0.39 is 0 Å². The zero-order chi connectivity index (χ0) is 11.5. The minimum Gasteiger partial charge on any atom is -0.507 e. The van der Waals surface area contributed by atoms with Gasteiger partial charge in [0.2, 0.25) is 0 Å². The molecule has 5 nitrogen and oxygen atoms in total. The molecular formula is C10H9BrN2O3. The molecule has 0 amide bonds. The van der Waals surface area contributed by atoms with Crippen LogP contribution in [-0.2, 0) is 6.42 Å². The lowest BCUT2D eigenvalue weighted by Crippen LogP contribution is -1.92. The van der Waals surface area contributed by atoms with Crippen LogP contribution in [0, 0.1) is 0 Å². The fourth-order valence-electron chi connectivity index (χ4n) is 1.22. The lowest BCUT2D eigenvalue weighted by molar-refractivity contribution is 0.293. The summed E-state index contributed by atoms with van der Waals surface area (Å²) < 4.78 is 5.60. The van der Waals surface area contributed by atoms with Gasteiger partial charge in [0.05, 0.1) is 11.1 Å². The second-order valence-electron chi connectivity index (χ2n) is 3.16. The van der Waals surface area contributed by atoms with Crippen LogP contribution in [0.15, 0.2) is 27.2 Å². The van der Waals surface area contributed by atoms with Gasteiger partial charge in [-0.1, -0.05) is 5.16 Å². The maximum absolute atomic E-state index is 9.49. The summed E-state index contributed by atoms with van der Waals surface area (Å²) in [5, 5.41) is 21.9. The first-order valence-corrected chi connectivity index (χ1v) is 5.42. The first kappa shape index (κ1) is 11.1. The van der Waals surface area contributed by atoms with Crippen molar-refractivity contribution in [3.05, 3.63) is 28.5 Å². The van der Waals surface area contributed by atoms with Gasteiger partial charge in [0.25, 0.3) is 5.89 Å². The third kappa shape index (κ3) is 2.23. The Balaban J connectivity index is 2.31. The van der Waals surface area contributed by atoms with Gasteiger partial charge in [-0.2, -0.15) is 4.98 Å². The zero-order valence-corrected chi connectivity index (χ0v) is 9.81. The van der Waals surface area contributed by atoms with Gasteiger partial charge >= 0.3 is 0 Å². The number of halogens is 1. The van der Waals surface area contributed by atoms with Crippen molar-refractivity contribution >= 4 is 15.9 Å². The molecule has 1 aromatic heterocycles. The van der Waals surface area contributed by atoms with Gasteiger partial charge in [-0.15, -0.1) is 0 Å². The third-order valence-electron chi connectivity index (χ3n) is 2.00. The number of rotatable bonds is 3. The predicted octanol–water partition coefficient (Wildman–Crippen LogP) is 1.74. The minimum atomic E-state index is -0.0233. The van der Waals surface area contributed by atoms with Crippen LogP contribution in [0.1, 0.15) is 5.82 Å². The summed E-state index contributed by atoms with van der Waals surface area (Å²) in [5.41, 5.74) is 0.636. The van der Waals surface area contributed by atoms with Crippen LogP contribution in [0.4, 0.5) is 0 Å². The molecule has 0 aliphatic carbocycles. The van der Waals surface area contributed by atoms with E-state index in [1.54, 1.807) is 12.1 Å². The smallest absolute Gasteiger partial charge is 0.258 e. The standard InChI is InChI=1S/C10H9BrN2O3/c11-7-2-1-6(5-8(7)15)10-12-9(3-4-14)13-16-10/h1-2,5,14-15H,3-4H2. The van der Waals surface area contributed by atoms with Crippen molar-refractivity contribution in [2.24, 2.45) is 0 Å². The lowest BCUT2D eigenvalue weighted by Gasteiger charge is -1.97. The summed E-state index contributed by atoms with van der Waals surface area (Å²) in [5.74, 6) is 0.880. The summed E-state index contributed by atoms with van der Waals surface area (Å²) in [4.78, 5) is 4.08. The number of phenolic OH excluding ortho intramolecular Hbond substituents is 1. The molecule has 0 fully saturated rings. The Morgan fingerprint density at radius 1 is 1.38 bits per heavy atom. The quantitative estimate of drug-likeness (QED) is 0.898. The number of hydrogen-bond donors (Lipinski definition) is 2. The number of aromatic hydroxyl groups is 1. The molecule has 1 aromatic carbocycles. The molecule has 0 bridgehead atoms. The first-order valence-electron chi connectivity index (χ1n) is 4.63. The largest absolute Gasteiger partial charge is 0.507 e. The molecular weight excluding hydrogens is 276 g/mol. The fourth-order valence-corrected chi connectivity index (χ4v) is 1.47. The summed E-state index contributed by atoms with van der Waals surface area (Å²) in [7, 11) is 0. The van der Waals surface area contributed by atoms with E-state index in [2.05, 4.69) is 26.1 Å². The first-order chi connectivity index (χ1) is 7.70. The van der Waals surface area contributed by atoms with E-state index in [4.69, 9.17) is 9.63 Å². The fraction of sp³-hybridized carbons (Fsp3) is 0.200. The van der Waals surface area contributed by atoms with E-state index in [0.29, 0.717) is 28.2 Å². The molecule has 0 atom stereocenters. The highest BCUT2D eigenvalue weighted by Crippen LogP contribution is 2.28. The molecule has 1 heterocycles. The van der Waals surface area contributed by atoms with Crippen molar-refractivity contribution in [2.75, 3.05) is 6.61 Å². The van der Waals surface area contributed by atoms with E-state index in [1.165, 1.54) is 6.07 Å². The van der Waals surface area contributed by atoms with Gasteiger partial charge in [0.1, 0.15) is 5.75 Å². The second-order valence-corrected chi connectivity index (χ2v) is 4.01. The van der Waals surface area contributed by atoms with Crippen molar-refractivity contribution < 1.29 is 14.7 Å². The van der Waals surface area contributed by atoms with Gasteiger partial charge in [-0.3, -0.25) is 0 Å². The Kier molecular flexibility index (Phi) is 3.21. The molecule has 84 valence electrons. The summed E-state index contributed by atoms with van der Waals surface area (Å²) >= 11 is 3.18. The summed E-state index contributed by atoms with van der Waals surface area (Å²) in [6.07, 6.45) is 0.353. The molecule has 2 N–H and O–H groups in total. The molecule has 0 spiro atoms. The lowest BCUT2D eigenvalue weighted by atomic mass is 10.2. The van der Waals surface area contributed by atoms with Crippen molar-refractivity contribution in [1.29, 1.82) is 0 Å². The average Bonchev–Trinajstić information content (AvgIpc) is 2.71. The predicted molar refractivity (Wildman–Crippen MR) is 59.9 cm³/mol.